The molecule has 0 N–H and O–H groups in total. The molecule has 1 heterocycles. The second-order valence-electron chi connectivity index (χ2n) is 4.16. The molecule has 0 spiro atoms. The van der Waals surface area contributed by atoms with E-state index in [4.69, 9.17) is 9.47 Å². The van der Waals surface area contributed by atoms with Crippen LogP contribution in [0.2, 0.25) is 0 Å². The van der Waals surface area contributed by atoms with Crippen molar-refractivity contribution in [2.24, 2.45) is 0 Å². The number of benzene rings is 1. The Morgan fingerprint density at radius 2 is 2.25 bits per heavy atom. The fourth-order valence-electron chi connectivity index (χ4n) is 1.69. The highest BCUT2D eigenvalue weighted by Crippen LogP contribution is 2.32. The van der Waals surface area contributed by atoms with E-state index in [0.717, 1.165) is 0 Å². The van der Waals surface area contributed by atoms with E-state index in [1.165, 1.54) is 14.0 Å². The Labute approximate surface area is 93.2 Å². The van der Waals surface area contributed by atoms with Crippen LogP contribution in [0.15, 0.2) is 18.2 Å². The highest BCUT2D eigenvalue weighted by atomic mass is 19.1. The van der Waals surface area contributed by atoms with Crippen molar-refractivity contribution in [2.45, 2.75) is 19.0 Å². The van der Waals surface area contributed by atoms with Gasteiger partial charge in [-0.1, -0.05) is 0 Å². The normalized spacial score (nSPS) is 24.3. The van der Waals surface area contributed by atoms with Crippen molar-refractivity contribution in [1.82, 2.24) is 0 Å². The molecule has 2 rings (SSSR count). The van der Waals surface area contributed by atoms with Crippen molar-refractivity contribution < 1.29 is 18.7 Å². The first kappa shape index (κ1) is 10.9. The van der Waals surface area contributed by atoms with Gasteiger partial charge in [0, 0.05) is 6.42 Å². The summed E-state index contributed by atoms with van der Waals surface area (Å²) in [5.41, 5.74) is -1.22. The Bertz CT molecular complexity index is 426. The summed E-state index contributed by atoms with van der Waals surface area (Å²) in [6, 6.07) is 4.90. The average molecular weight is 224 g/mol. The van der Waals surface area contributed by atoms with Crippen LogP contribution in [0.25, 0.3) is 0 Å². The number of alkyl halides is 1. The third-order valence-electron chi connectivity index (χ3n) is 2.54. The molecule has 0 saturated heterocycles. The minimum absolute atomic E-state index is 0.0991. The number of ether oxygens (including phenoxy) is 2. The lowest BCUT2D eigenvalue weighted by molar-refractivity contribution is 0.0774. The van der Waals surface area contributed by atoms with Crippen molar-refractivity contribution >= 4 is 5.78 Å². The fraction of sp³-hybridized carbons (Fsp3) is 0.417. The molecule has 0 aliphatic carbocycles. The van der Waals surface area contributed by atoms with Gasteiger partial charge in [-0.3, -0.25) is 4.79 Å². The summed E-state index contributed by atoms with van der Waals surface area (Å²) in [6.45, 7) is 1.27. The Morgan fingerprint density at radius 3 is 2.94 bits per heavy atom. The molecule has 0 radical (unpaired) electrons. The number of carbonyl (C=O) groups excluding carboxylic acids is 1. The molecule has 1 aromatic carbocycles. The average Bonchev–Trinajstić information content (AvgIpc) is 2.35. The van der Waals surface area contributed by atoms with E-state index in [0.29, 0.717) is 17.1 Å². The van der Waals surface area contributed by atoms with Crippen molar-refractivity contribution in [1.29, 1.82) is 0 Å². The molecule has 1 unspecified atom stereocenters. The molecule has 0 saturated carbocycles. The van der Waals surface area contributed by atoms with Gasteiger partial charge in [-0.2, -0.15) is 0 Å². The molecule has 1 aromatic rings. The number of Topliss-reactive ketones (excluding diaryl/α,β-unsaturated/α-hetero) is 1. The maximum absolute atomic E-state index is 13.8. The van der Waals surface area contributed by atoms with Crippen LogP contribution in [0.3, 0.4) is 0 Å². The van der Waals surface area contributed by atoms with Crippen molar-refractivity contribution in [2.75, 3.05) is 13.7 Å². The molecule has 4 heteroatoms. The van der Waals surface area contributed by atoms with E-state index < -0.39 is 5.67 Å². The van der Waals surface area contributed by atoms with E-state index in [-0.39, 0.29) is 18.8 Å². The lowest BCUT2D eigenvalue weighted by atomic mass is 9.99. The number of hydrogen-bond acceptors (Lipinski definition) is 3. The maximum Gasteiger partial charge on any atom is 0.170 e. The number of halogens is 1. The number of ketones is 1. The third-order valence-corrected chi connectivity index (χ3v) is 2.54. The largest absolute Gasteiger partial charge is 0.497 e. The SMILES string of the molecule is COc1ccc2c(c1)C(=O)CC(C)(F)CO2. The summed E-state index contributed by atoms with van der Waals surface area (Å²) in [4.78, 5) is 11.8. The topological polar surface area (TPSA) is 35.5 Å². The predicted molar refractivity (Wildman–Crippen MR) is 56.9 cm³/mol. The van der Waals surface area contributed by atoms with Gasteiger partial charge in [0.25, 0.3) is 0 Å². The first-order valence-electron chi connectivity index (χ1n) is 5.05. The summed E-state index contributed by atoms with van der Waals surface area (Å²) >= 11 is 0. The Morgan fingerprint density at radius 1 is 1.50 bits per heavy atom. The van der Waals surface area contributed by atoms with Gasteiger partial charge < -0.3 is 9.47 Å². The van der Waals surface area contributed by atoms with Crippen molar-refractivity contribution in [3.05, 3.63) is 23.8 Å². The quantitative estimate of drug-likeness (QED) is 0.734. The monoisotopic (exact) mass is 224 g/mol. The van der Waals surface area contributed by atoms with E-state index in [1.807, 2.05) is 0 Å². The number of hydrogen-bond donors (Lipinski definition) is 0. The first-order valence-corrected chi connectivity index (χ1v) is 5.05. The molecule has 0 aromatic heterocycles. The van der Waals surface area contributed by atoms with Gasteiger partial charge >= 0.3 is 0 Å². The molecule has 3 nitrogen and oxygen atoms in total. The maximum atomic E-state index is 13.8. The summed E-state index contributed by atoms with van der Waals surface area (Å²) in [5.74, 6) is 0.738. The highest BCUT2D eigenvalue weighted by Gasteiger charge is 2.33. The summed E-state index contributed by atoms with van der Waals surface area (Å²) in [7, 11) is 1.52. The number of carbonyl (C=O) groups is 1. The third kappa shape index (κ3) is 2.01. The summed E-state index contributed by atoms with van der Waals surface area (Å²) in [6.07, 6.45) is -0.160. The van der Waals surface area contributed by atoms with Crippen LogP contribution in [0.5, 0.6) is 11.5 Å². The van der Waals surface area contributed by atoms with Gasteiger partial charge in [-0.15, -0.1) is 0 Å². The summed E-state index contributed by atoms with van der Waals surface area (Å²) in [5, 5.41) is 0. The minimum atomic E-state index is -1.61. The van der Waals surface area contributed by atoms with Crippen LogP contribution >= 0.6 is 0 Å². The zero-order valence-electron chi connectivity index (χ0n) is 9.25. The Balaban J connectivity index is 2.42. The first-order chi connectivity index (χ1) is 7.52. The van der Waals surface area contributed by atoms with Gasteiger partial charge in [0.05, 0.1) is 12.7 Å². The van der Waals surface area contributed by atoms with Gasteiger partial charge in [-0.05, 0) is 25.1 Å². The molecule has 1 aliphatic rings. The smallest absolute Gasteiger partial charge is 0.170 e. The van der Waals surface area contributed by atoms with Gasteiger partial charge in [0.1, 0.15) is 23.8 Å². The standard InChI is InChI=1S/C12H13FO3/c1-12(13)6-10(14)9-5-8(15-2)3-4-11(9)16-7-12/h3-5H,6-7H2,1-2H3. The summed E-state index contributed by atoms with van der Waals surface area (Å²) < 4.78 is 24.1. The predicted octanol–water partition coefficient (Wildman–Crippen LogP) is 2.39. The van der Waals surface area contributed by atoms with Crippen molar-refractivity contribution in [3.63, 3.8) is 0 Å². The van der Waals surface area contributed by atoms with Crippen LogP contribution in [-0.4, -0.2) is 25.2 Å². The van der Waals surface area contributed by atoms with Crippen LogP contribution < -0.4 is 9.47 Å². The fourth-order valence-corrected chi connectivity index (χ4v) is 1.69. The van der Waals surface area contributed by atoms with Crippen molar-refractivity contribution in [3.8, 4) is 11.5 Å². The molecule has 1 atom stereocenters. The molecule has 86 valence electrons. The Hall–Kier alpha value is -1.58. The lowest BCUT2D eigenvalue weighted by Crippen LogP contribution is -2.27. The highest BCUT2D eigenvalue weighted by molar-refractivity contribution is 6.00. The Kier molecular flexibility index (Phi) is 2.58. The van der Waals surface area contributed by atoms with Gasteiger partial charge in [0.15, 0.2) is 5.78 Å². The van der Waals surface area contributed by atoms with Crippen LogP contribution in [0.1, 0.15) is 23.7 Å². The lowest BCUT2D eigenvalue weighted by Gasteiger charge is -2.15. The molecular formula is C12H13FO3. The zero-order valence-corrected chi connectivity index (χ0v) is 9.25. The van der Waals surface area contributed by atoms with Crippen LogP contribution in [-0.2, 0) is 0 Å². The van der Waals surface area contributed by atoms with E-state index in [9.17, 15) is 9.18 Å². The molecule has 1 aliphatic heterocycles. The van der Waals surface area contributed by atoms with E-state index in [1.54, 1.807) is 18.2 Å². The van der Waals surface area contributed by atoms with Gasteiger partial charge in [-0.25, -0.2) is 4.39 Å². The number of rotatable bonds is 1. The van der Waals surface area contributed by atoms with Crippen LogP contribution in [0.4, 0.5) is 4.39 Å². The van der Waals surface area contributed by atoms with E-state index >= 15 is 0 Å². The molecule has 0 amide bonds. The second-order valence-corrected chi connectivity index (χ2v) is 4.16. The molecule has 0 fully saturated rings. The molecule has 0 bridgehead atoms. The zero-order chi connectivity index (χ0) is 11.8. The van der Waals surface area contributed by atoms with E-state index in [2.05, 4.69) is 0 Å². The number of fused-ring (bicyclic) bond motifs is 1. The molecular weight excluding hydrogens is 211 g/mol. The minimum Gasteiger partial charge on any atom is -0.497 e. The van der Waals surface area contributed by atoms with Gasteiger partial charge in [0.2, 0.25) is 0 Å². The molecule has 16 heavy (non-hydrogen) atoms. The van der Waals surface area contributed by atoms with Crippen LogP contribution in [0, 0.1) is 0 Å². The number of methoxy groups -OCH3 is 1. The second kappa shape index (κ2) is 3.77.